The van der Waals surface area contributed by atoms with E-state index >= 15 is 0 Å². The molecule has 0 radical (unpaired) electrons. The van der Waals surface area contributed by atoms with E-state index in [2.05, 4.69) is 0 Å². The molecule has 2 N–H and O–H groups in total. The van der Waals surface area contributed by atoms with Crippen LogP contribution < -0.4 is 0 Å². The van der Waals surface area contributed by atoms with E-state index in [-0.39, 0.29) is 41.1 Å². The molecule has 6 nitrogen and oxygen atoms in total. The predicted molar refractivity (Wildman–Crippen MR) is 68.4 cm³/mol. The van der Waals surface area contributed by atoms with Crippen molar-refractivity contribution < 1.29 is 28.2 Å². The van der Waals surface area contributed by atoms with E-state index < -0.39 is 15.8 Å². The van der Waals surface area contributed by atoms with Crippen LogP contribution in [0.15, 0.2) is 23.1 Å². The predicted octanol–water partition coefficient (Wildman–Crippen LogP) is 0.821. The summed E-state index contributed by atoms with van der Waals surface area (Å²) in [7, 11) is -3.73. The van der Waals surface area contributed by atoms with E-state index in [0.29, 0.717) is 0 Å². The van der Waals surface area contributed by atoms with Gasteiger partial charge in [-0.2, -0.15) is 0 Å². The first kappa shape index (κ1) is 15.9. The first-order chi connectivity index (χ1) is 8.88. The highest BCUT2D eigenvalue weighted by Crippen LogP contribution is 2.23. The van der Waals surface area contributed by atoms with Crippen molar-refractivity contribution in [3.05, 3.63) is 28.8 Å². The molecule has 1 aromatic carbocycles. The highest BCUT2D eigenvalue weighted by Gasteiger charge is 2.20. The zero-order chi connectivity index (χ0) is 14.5. The third kappa shape index (κ3) is 4.46. The number of aliphatic hydroxyl groups is 1. The van der Waals surface area contributed by atoms with Gasteiger partial charge >= 0.3 is 5.97 Å². The van der Waals surface area contributed by atoms with Gasteiger partial charge in [0, 0.05) is 0 Å². The van der Waals surface area contributed by atoms with Gasteiger partial charge < -0.3 is 14.9 Å². The Morgan fingerprint density at radius 2 is 2.00 bits per heavy atom. The Morgan fingerprint density at radius 3 is 2.58 bits per heavy atom. The molecular formula is C11H13ClO6S. The summed E-state index contributed by atoms with van der Waals surface area (Å²) in [6.45, 7) is -0.260. The summed E-state index contributed by atoms with van der Waals surface area (Å²) in [6, 6.07) is 3.48. The van der Waals surface area contributed by atoms with Crippen LogP contribution in [-0.4, -0.2) is 50.2 Å². The maximum atomic E-state index is 12.0. The molecule has 0 amide bonds. The third-order valence-electron chi connectivity index (χ3n) is 2.25. The average Bonchev–Trinajstić information content (AvgIpc) is 2.34. The van der Waals surface area contributed by atoms with Crippen LogP contribution >= 0.6 is 11.6 Å². The Bertz CT molecular complexity index is 554. The second-order valence-corrected chi connectivity index (χ2v) is 6.09. The van der Waals surface area contributed by atoms with Crippen LogP contribution in [0.1, 0.15) is 10.4 Å². The van der Waals surface area contributed by atoms with Crippen molar-refractivity contribution in [1.29, 1.82) is 0 Å². The van der Waals surface area contributed by atoms with Gasteiger partial charge in [-0.25, -0.2) is 13.2 Å². The monoisotopic (exact) mass is 308 g/mol. The molecule has 0 fully saturated rings. The molecule has 0 aliphatic carbocycles. The standard InChI is InChI=1S/C11H13ClO6S/c12-9-2-1-8(11(14)15)7-10(9)19(16,17)6-5-18-4-3-13/h1-2,7,13H,3-6H2,(H,14,15). The topological polar surface area (TPSA) is 101 Å². The summed E-state index contributed by atoms with van der Waals surface area (Å²) in [6.07, 6.45) is 0. The number of carboxylic acid groups (broad SMARTS) is 1. The van der Waals surface area contributed by atoms with Crippen molar-refractivity contribution in [2.75, 3.05) is 25.6 Å². The van der Waals surface area contributed by atoms with Crippen LogP contribution in [0, 0.1) is 0 Å². The Kier molecular flexibility index (Phi) is 5.74. The minimum atomic E-state index is -3.73. The summed E-state index contributed by atoms with van der Waals surface area (Å²) in [5.74, 6) is -1.57. The molecule has 8 heteroatoms. The normalized spacial score (nSPS) is 11.5. The fraction of sp³-hybridized carbons (Fsp3) is 0.364. The van der Waals surface area contributed by atoms with E-state index in [1.165, 1.54) is 12.1 Å². The largest absolute Gasteiger partial charge is 0.478 e. The van der Waals surface area contributed by atoms with Crippen LogP contribution in [0.2, 0.25) is 5.02 Å². The molecule has 0 atom stereocenters. The number of sulfone groups is 1. The molecule has 0 bridgehead atoms. The fourth-order valence-corrected chi connectivity index (χ4v) is 3.02. The van der Waals surface area contributed by atoms with Crippen molar-refractivity contribution in [3.63, 3.8) is 0 Å². The van der Waals surface area contributed by atoms with Gasteiger partial charge in [-0.05, 0) is 18.2 Å². The Balaban J connectivity index is 2.94. The molecule has 0 aliphatic heterocycles. The summed E-state index contributed by atoms with van der Waals surface area (Å²) in [5.41, 5.74) is -0.153. The molecule has 19 heavy (non-hydrogen) atoms. The van der Waals surface area contributed by atoms with E-state index in [4.69, 9.17) is 26.6 Å². The lowest BCUT2D eigenvalue weighted by molar-refractivity contribution is 0.0696. The first-order valence-corrected chi connectivity index (χ1v) is 7.35. The van der Waals surface area contributed by atoms with Gasteiger partial charge in [-0.3, -0.25) is 0 Å². The Hall–Kier alpha value is -1.15. The van der Waals surface area contributed by atoms with Gasteiger partial charge in [0.2, 0.25) is 0 Å². The number of carbonyl (C=O) groups is 1. The second kappa shape index (κ2) is 6.85. The van der Waals surface area contributed by atoms with Gasteiger partial charge in [0.15, 0.2) is 9.84 Å². The molecule has 0 unspecified atom stereocenters. The number of hydrogen-bond acceptors (Lipinski definition) is 5. The smallest absolute Gasteiger partial charge is 0.335 e. The number of carboxylic acids is 1. The van der Waals surface area contributed by atoms with Crippen LogP contribution in [0.4, 0.5) is 0 Å². The molecule has 1 rings (SSSR count). The van der Waals surface area contributed by atoms with E-state index in [9.17, 15) is 13.2 Å². The van der Waals surface area contributed by atoms with Crippen LogP contribution in [0.3, 0.4) is 0 Å². The molecule has 0 saturated carbocycles. The molecule has 0 aromatic heterocycles. The summed E-state index contributed by atoms with van der Waals surface area (Å²) in [4.78, 5) is 10.6. The van der Waals surface area contributed by atoms with Gasteiger partial charge in [-0.15, -0.1) is 0 Å². The maximum Gasteiger partial charge on any atom is 0.335 e. The van der Waals surface area contributed by atoms with Crippen molar-refractivity contribution in [2.45, 2.75) is 4.90 Å². The molecule has 0 aliphatic rings. The molecule has 0 saturated heterocycles. The van der Waals surface area contributed by atoms with E-state index in [1.807, 2.05) is 0 Å². The summed E-state index contributed by atoms with van der Waals surface area (Å²) in [5, 5.41) is 17.3. The Labute approximate surface area is 115 Å². The lowest BCUT2D eigenvalue weighted by Gasteiger charge is -2.08. The molecule has 0 heterocycles. The number of aromatic carboxylic acids is 1. The van der Waals surface area contributed by atoms with Gasteiger partial charge in [0.25, 0.3) is 0 Å². The van der Waals surface area contributed by atoms with Crippen molar-refractivity contribution >= 4 is 27.4 Å². The summed E-state index contributed by atoms with van der Waals surface area (Å²) < 4.78 is 28.8. The number of ether oxygens (including phenoxy) is 1. The van der Waals surface area contributed by atoms with Gasteiger partial charge in [-0.1, -0.05) is 11.6 Å². The fourth-order valence-electron chi connectivity index (χ4n) is 1.32. The van der Waals surface area contributed by atoms with Crippen molar-refractivity contribution in [2.24, 2.45) is 0 Å². The zero-order valence-electron chi connectivity index (χ0n) is 9.87. The molecule has 1 aromatic rings. The summed E-state index contributed by atoms with van der Waals surface area (Å²) >= 11 is 5.77. The number of rotatable bonds is 7. The number of aliphatic hydroxyl groups excluding tert-OH is 1. The SMILES string of the molecule is O=C(O)c1ccc(Cl)c(S(=O)(=O)CCOCCO)c1. The Morgan fingerprint density at radius 1 is 1.32 bits per heavy atom. The highest BCUT2D eigenvalue weighted by molar-refractivity contribution is 7.91. The minimum absolute atomic E-state index is 0.0350. The van der Waals surface area contributed by atoms with Crippen LogP contribution in [-0.2, 0) is 14.6 Å². The lowest BCUT2D eigenvalue weighted by Crippen LogP contribution is -2.15. The quantitative estimate of drug-likeness (QED) is 0.723. The maximum absolute atomic E-state index is 12.0. The second-order valence-electron chi connectivity index (χ2n) is 3.61. The van der Waals surface area contributed by atoms with Crippen molar-refractivity contribution in [3.8, 4) is 0 Å². The molecule has 0 spiro atoms. The van der Waals surface area contributed by atoms with Crippen LogP contribution in [0.5, 0.6) is 0 Å². The van der Waals surface area contributed by atoms with Crippen molar-refractivity contribution in [1.82, 2.24) is 0 Å². The van der Waals surface area contributed by atoms with Gasteiger partial charge in [0.1, 0.15) is 0 Å². The van der Waals surface area contributed by atoms with Crippen LogP contribution in [0.25, 0.3) is 0 Å². The minimum Gasteiger partial charge on any atom is -0.478 e. The van der Waals surface area contributed by atoms with E-state index in [0.717, 1.165) is 6.07 Å². The number of halogens is 1. The zero-order valence-corrected chi connectivity index (χ0v) is 11.4. The lowest BCUT2D eigenvalue weighted by atomic mass is 10.2. The molecule has 106 valence electrons. The highest BCUT2D eigenvalue weighted by atomic mass is 35.5. The third-order valence-corrected chi connectivity index (χ3v) is 4.40. The average molecular weight is 309 g/mol. The van der Waals surface area contributed by atoms with Gasteiger partial charge in [0.05, 0.1) is 41.1 Å². The number of benzene rings is 1. The molecular weight excluding hydrogens is 296 g/mol. The number of hydrogen-bond donors (Lipinski definition) is 2. The van der Waals surface area contributed by atoms with E-state index in [1.54, 1.807) is 0 Å². The first-order valence-electron chi connectivity index (χ1n) is 5.32.